The van der Waals surface area contributed by atoms with Crippen LogP contribution in [0.2, 0.25) is 0 Å². The molecular weight excluding hydrogens is 182 g/mol. The van der Waals surface area contributed by atoms with E-state index in [0.29, 0.717) is 5.03 Å². The van der Waals surface area contributed by atoms with Crippen molar-refractivity contribution in [2.45, 2.75) is 38.5 Å². The predicted octanol–water partition coefficient (Wildman–Crippen LogP) is 3.30. The standard InChI is InChI=1S/C11H20ClN/c1-10(12)9-13-8-4-7-11-5-2-3-6-11/h11,13H,1-9H2. The highest BCUT2D eigenvalue weighted by Crippen LogP contribution is 2.28. The number of halogens is 1. The van der Waals surface area contributed by atoms with Gasteiger partial charge in [-0.2, -0.15) is 0 Å². The maximum Gasteiger partial charge on any atom is 0.0307 e. The van der Waals surface area contributed by atoms with Gasteiger partial charge in [0.05, 0.1) is 0 Å². The van der Waals surface area contributed by atoms with Crippen LogP contribution in [0, 0.1) is 5.92 Å². The number of hydrogen-bond acceptors (Lipinski definition) is 1. The lowest BCUT2D eigenvalue weighted by Gasteiger charge is -2.08. The lowest BCUT2D eigenvalue weighted by molar-refractivity contribution is 0.474. The van der Waals surface area contributed by atoms with Crippen molar-refractivity contribution >= 4 is 11.6 Å². The van der Waals surface area contributed by atoms with E-state index in [9.17, 15) is 0 Å². The fraction of sp³-hybridized carbons (Fsp3) is 0.818. The molecule has 0 bridgehead atoms. The molecule has 1 rings (SSSR count). The van der Waals surface area contributed by atoms with Gasteiger partial charge in [-0.1, -0.05) is 43.9 Å². The molecule has 1 nitrogen and oxygen atoms in total. The van der Waals surface area contributed by atoms with Crippen LogP contribution < -0.4 is 5.32 Å². The molecule has 0 atom stereocenters. The summed E-state index contributed by atoms with van der Waals surface area (Å²) < 4.78 is 0. The van der Waals surface area contributed by atoms with Crippen LogP contribution in [-0.4, -0.2) is 13.1 Å². The van der Waals surface area contributed by atoms with Crippen molar-refractivity contribution in [3.8, 4) is 0 Å². The van der Waals surface area contributed by atoms with E-state index in [1.54, 1.807) is 0 Å². The van der Waals surface area contributed by atoms with Gasteiger partial charge >= 0.3 is 0 Å². The van der Waals surface area contributed by atoms with Crippen LogP contribution in [0.25, 0.3) is 0 Å². The molecule has 13 heavy (non-hydrogen) atoms. The first-order valence-corrected chi connectivity index (χ1v) is 5.71. The molecule has 0 unspecified atom stereocenters. The summed E-state index contributed by atoms with van der Waals surface area (Å²) in [4.78, 5) is 0. The van der Waals surface area contributed by atoms with Crippen LogP contribution in [0.1, 0.15) is 38.5 Å². The highest BCUT2D eigenvalue weighted by Gasteiger charge is 2.13. The minimum atomic E-state index is 0.709. The molecule has 1 aliphatic carbocycles. The molecule has 2 heteroatoms. The largest absolute Gasteiger partial charge is 0.312 e. The average Bonchev–Trinajstić information content (AvgIpc) is 2.55. The van der Waals surface area contributed by atoms with Crippen molar-refractivity contribution in [1.82, 2.24) is 5.32 Å². The van der Waals surface area contributed by atoms with Crippen LogP contribution >= 0.6 is 11.6 Å². The van der Waals surface area contributed by atoms with Crippen LogP contribution in [0.3, 0.4) is 0 Å². The van der Waals surface area contributed by atoms with E-state index in [1.807, 2.05) is 0 Å². The Morgan fingerprint density at radius 1 is 1.38 bits per heavy atom. The Morgan fingerprint density at radius 2 is 2.08 bits per heavy atom. The molecular formula is C11H20ClN. The predicted molar refractivity (Wildman–Crippen MR) is 59.1 cm³/mol. The molecule has 0 amide bonds. The molecule has 1 saturated carbocycles. The molecule has 0 heterocycles. The first kappa shape index (κ1) is 11.1. The number of nitrogens with one attached hydrogen (secondary N) is 1. The normalized spacial score (nSPS) is 17.9. The highest BCUT2D eigenvalue weighted by atomic mass is 35.5. The van der Waals surface area contributed by atoms with Crippen molar-refractivity contribution < 1.29 is 0 Å². The van der Waals surface area contributed by atoms with E-state index in [1.165, 1.54) is 38.5 Å². The van der Waals surface area contributed by atoms with Gasteiger partial charge in [0.1, 0.15) is 0 Å². The molecule has 0 aliphatic heterocycles. The maximum absolute atomic E-state index is 5.63. The summed E-state index contributed by atoms with van der Waals surface area (Å²) in [5.41, 5.74) is 0. The zero-order chi connectivity index (χ0) is 9.52. The second kappa shape index (κ2) is 6.44. The van der Waals surface area contributed by atoms with E-state index >= 15 is 0 Å². The van der Waals surface area contributed by atoms with Gasteiger partial charge in [0.25, 0.3) is 0 Å². The summed E-state index contributed by atoms with van der Waals surface area (Å²) in [6.07, 6.45) is 8.51. The van der Waals surface area contributed by atoms with E-state index in [0.717, 1.165) is 19.0 Å². The van der Waals surface area contributed by atoms with E-state index < -0.39 is 0 Å². The van der Waals surface area contributed by atoms with Crippen molar-refractivity contribution in [3.63, 3.8) is 0 Å². The topological polar surface area (TPSA) is 12.0 Å². The Morgan fingerprint density at radius 3 is 2.69 bits per heavy atom. The molecule has 1 aliphatic rings. The third-order valence-corrected chi connectivity index (χ3v) is 2.89. The average molecular weight is 202 g/mol. The minimum absolute atomic E-state index is 0.709. The van der Waals surface area contributed by atoms with Gasteiger partial charge in [-0.3, -0.25) is 0 Å². The minimum Gasteiger partial charge on any atom is -0.312 e. The molecule has 0 aromatic carbocycles. The van der Waals surface area contributed by atoms with Crippen molar-refractivity contribution in [2.75, 3.05) is 13.1 Å². The van der Waals surface area contributed by atoms with Gasteiger partial charge in [-0.25, -0.2) is 0 Å². The van der Waals surface area contributed by atoms with Gasteiger partial charge in [-0.05, 0) is 25.3 Å². The quantitative estimate of drug-likeness (QED) is 0.651. The summed E-state index contributed by atoms with van der Waals surface area (Å²) in [5.74, 6) is 1.01. The Kier molecular flexibility index (Phi) is 5.49. The Hall–Kier alpha value is -0.0100. The van der Waals surface area contributed by atoms with Gasteiger partial charge in [0.15, 0.2) is 0 Å². The lowest BCUT2D eigenvalue weighted by Crippen LogP contribution is -2.17. The summed E-state index contributed by atoms with van der Waals surface area (Å²) in [6.45, 7) is 5.47. The Labute approximate surface area is 86.5 Å². The Balaban J connectivity index is 1.86. The zero-order valence-electron chi connectivity index (χ0n) is 8.32. The summed E-state index contributed by atoms with van der Waals surface area (Å²) in [6, 6.07) is 0. The van der Waals surface area contributed by atoms with Crippen LogP contribution in [0.15, 0.2) is 11.6 Å². The SMILES string of the molecule is C=C(Cl)CNCCCC1CCCC1. The van der Waals surface area contributed by atoms with E-state index in [4.69, 9.17) is 11.6 Å². The molecule has 0 saturated heterocycles. The fourth-order valence-electron chi connectivity index (χ4n) is 2.04. The van der Waals surface area contributed by atoms with Gasteiger partial charge in [0, 0.05) is 11.6 Å². The summed E-state index contributed by atoms with van der Waals surface area (Å²) in [7, 11) is 0. The van der Waals surface area contributed by atoms with Gasteiger partial charge in [-0.15, -0.1) is 0 Å². The van der Waals surface area contributed by atoms with Crippen LogP contribution in [0.5, 0.6) is 0 Å². The summed E-state index contributed by atoms with van der Waals surface area (Å²) >= 11 is 5.63. The third-order valence-electron chi connectivity index (χ3n) is 2.76. The van der Waals surface area contributed by atoms with Crippen molar-refractivity contribution in [3.05, 3.63) is 11.6 Å². The van der Waals surface area contributed by atoms with Gasteiger partial charge < -0.3 is 5.32 Å². The number of hydrogen-bond donors (Lipinski definition) is 1. The first-order valence-electron chi connectivity index (χ1n) is 5.33. The maximum atomic E-state index is 5.63. The third kappa shape index (κ3) is 5.33. The van der Waals surface area contributed by atoms with Crippen LogP contribution in [-0.2, 0) is 0 Å². The van der Waals surface area contributed by atoms with E-state index in [2.05, 4.69) is 11.9 Å². The fourth-order valence-corrected chi connectivity index (χ4v) is 2.13. The molecule has 0 radical (unpaired) electrons. The molecule has 0 aromatic rings. The molecule has 76 valence electrons. The molecule has 1 N–H and O–H groups in total. The number of rotatable bonds is 6. The first-order chi connectivity index (χ1) is 6.29. The zero-order valence-corrected chi connectivity index (χ0v) is 9.08. The second-order valence-corrected chi connectivity index (χ2v) is 4.52. The van der Waals surface area contributed by atoms with Crippen molar-refractivity contribution in [1.29, 1.82) is 0 Å². The second-order valence-electron chi connectivity index (χ2n) is 3.99. The lowest BCUT2D eigenvalue weighted by atomic mass is 10.0. The monoisotopic (exact) mass is 201 g/mol. The van der Waals surface area contributed by atoms with Gasteiger partial charge in [0.2, 0.25) is 0 Å². The highest BCUT2D eigenvalue weighted by molar-refractivity contribution is 6.29. The smallest absolute Gasteiger partial charge is 0.0307 e. The van der Waals surface area contributed by atoms with Crippen molar-refractivity contribution in [2.24, 2.45) is 5.92 Å². The molecule has 1 fully saturated rings. The molecule has 0 spiro atoms. The molecule has 0 aromatic heterocycles. The van der Waals surface area contributed by atoms with E-state index in [-0.39, 0.29) is 0 Å². The summed E-state index contributed by atoms with van der Waals surface area (Å²) in [5, 5.41) is 3.99. The van der Waals surface area contributed by atoms with Crippen LogP contribution in [0.4, 0.5) is 0 Å². The Bertz CT molecular complexity index is 150.